The van der Waals surface area contributed by atoms with Crippen LogP contribution in [0.4, 0.5) is 4.39 Å². The topological polar surface area (TPSA) is 66.3 Å². The van der Waals surface area contributed by atoms with Crippen molar-refractivity contribution in [1.29, 1.82) is 0 Å². The number of morpholine rings is 1. The van der Waals surface area contributed by atoms with Crippen LogP contribution in [0.15, 0.2) is 47.5 Å². The highest BCUT2D eigenvalue weighted by Gasteiger charge is 2.28. The van der Waals surface area contributed by atoms with Crippen molar-refractivity contribution >= 4 is 29.9 Å². The number of rotatable bonds is 4. The third-order valence-corrected chi connectivity index (χ3v) is 4.74. The molecule has 0 aliphatic carbocycles. The third-order valence-electron chi connectivity index (χ3n) is 4.74. The van der Waals surface area contributed by atoms with E-state index in [9.17, 15) is 9.50 Å². The van der Waals surface area contributed by atoms with Gasteiger partial charge in [-0.1, -0.05) is 12.1 Å². The molecule has 2 aromatic rings. The molecule has 1 saturated heterocycles. The van der Waals surface area contributed by atoms with Gasteiger partial charge in [-0.2, -0.15) is 0 Å². The summed E-state index contributed by atoms with van der Waals surface area (Å²) in [5, 5.41) is 13.4. The number of aliphatic imine (C=N–C) groups is 1. The molecule has 3 rings (SSSR count). The molecule has 0 radical (unpaired) electrons. The number of guanidine groups is 1. The quantitative estimate of drug-likeness (QED) is 0.370. The number of hydrogen-bond acceptors (Lipinski definition) is 4. The Bertz CT molecular complexity index is 832. The van der Waals surface area contributed by atoms with Crippen molar-refractivity contribution in [2.75, 3.05) is 27.2 Å². The molecule has 158 valence electrons. The van der Waals surface area contributed by atoms with Gasteiger partial charge in [-0.25, -0.2) is 4.39 Å². The van der Waals surface area contributed by atoms with E-state index in [4.69, 9.17) is 9.47 Å². The number of nitrogens with zero attached hydrogens (tertiary/aromatic N) is 2. The fraction of sp³-hybridized carbons (Fsp3) is 0.381. The monoisotopic (exact) mass is 515 g/mol. The maximum absolute atomic E-state index is 13.2. The van der Waals surface area contributed by atoms with Crippen LogP contribution in [0, 0.1) is 5.82 Å². The van der Waals surface area contributed by atoms with E-state index in [1.165, 1.54) is 12.1 Å². The van der Waals surface area contributed by atoms with Gasteiger partial charge >= 0.3 is 0 Å². The molecule has 1 aliphatic rings. The number of methoxy groups -OCH3 is 1. The first kappa shape index (κ1) is 23.2. The number of phenolic OH excluding ortho intramolecular Hbond substituents is 1. The lowest BCUT2D eigenvalue weighted by Gasteiger charge is -2.38. The summed E-state index contributed by atoms with van der Waals surface area (Å²) in [5.41, 5.74) is 1.65. The maximum atomic E-state index is 13.2. The molecule has 0 amide bonds. The summed E-state index contributed by atoms with van der Waals surface area (Å²) in [7, 11) is 3.31. The highest BCUT2D eigenvalue weighted by Crippen LogP contribution is 2.26. The van der Waals surface area contributed by atoms with Gasteiger partial charge < -0.3 is 24.8 Å². The first-order valence-electron chi connectivity index (χ1n) is 9.22. The van der Waals surface area contributed by atoms with Crippen LogP contribution in [0.2, 0.25) is 0 Å². The lowest BCUT2D eigenvalue weighted by molar-refractivity contribution is -0.0605. The van der Waals surface area contributed by atoms with E-state index in [0.29, 0.717) is 31.3 Å². The number of hydrogen-bond donors (Lipinski definition) is 2. The van der Waals surface area contributed by atoms with Gasteiger partial charge in [0.05, 0.1) is 19.8 Å². The molecule has 0 aromatic heterocycles. The molecule has 1 fully saturated rings. The SMILES string of the molecule is CN=C(NCc1cc(OC)ccc1O)N1CC(C)OC(c2ccc(F)cc2)C1.I. The Kier molecular flexibility index (Phi) is 8.51. The molecule has 2 atom stereocenters. The molecule has 0 saturated carbocycles. The minimum Gasteiger partial charge on any atom is -0.508 e. The lowest BCUT2D eigenvalue weighted by atomic mass is 10.1. The van der Waals surface area contributed by atoms with Gasteiger partial charge in [0.25, 0.3) is 0 Å². The van der Waals surface area contributed by atoms with Gasteiger partial charge in [0.2, 0.25) is 0 Å². The van der Waals surface area contributed by atoms with Crippen LogP contribution in [0.5, 0.6) is 11.5 Å². The van der Waals surface area contributed by atoms with Crippen molar-refractivity contribution in [2.45, 2.75) is 25.7 Å². The minimum absolute atomic E-state index is 0. The Hall–Kier alpha value is -2.07. The van der Waals surface area contributed by atoms with E-state index in [1.807, 2.05) is 6.92 Å². The van der Waals surface area contributed by atoms with E-state index in [-0.39, 0.29) is 47.8 Å². The van der Waals surface area contributed by atoms with Gasteiger partial charge in [-0.15, -0.1) is 24.0 Å². The Morgan fingerprint density at radius 2 is 2.00 bits per heavy atom. The molecule has 2 unspecified atom stereocenters. The number of phenols is 1. The zero-order valence-electron chi connectivity index (χ0n) is 16.8. The fourth-order valence-electron chi connectivity index (χ4n) is 3.32. The number of aromatic hydroxyl groups is 1. The summed E-state index contributed by atoms with van der Waals surface area (Å²) in [6.07, 6.45) is -0.180. The molecule has 1 aliphatic heterocycles. The van der Waals surface area contributed by atoms with Crippen molar-refractivity contribution in [3.63, 3.8) is 0 Å². The largest absolute Gasteiger partial charge is 0.508 e. The smallest absolute Gasteiger partial charge is 0.194 e. The second-order valence-electron chi connectivity index (χ2n) is 6.79. The van der Waals surface area contributed by atoms with E-state index < -0.39 is 0 Å². The normalized spacial score (nSPS) is 19.4. The highest BCUT2D eigenvalue weighted by molar-refractivity contribution is 14.0. The van der Waals surface area contributed by atoms with Crippen molar-refractivity contribution in [1.82, 2.24) is 10.2 Å². The zero-order valence-corrected chi connectivity index (χ0v) is 19.1. The predicted molar refractivity (Wildman–Crippen MR) is 122 cm³/mol. The second-order valence-corrected chi connectivity index (χ2v) is 6.79. The van der Waals surface area contributed by atoms with Crippen LogP contribution in [0.25, 0.3) is 0 Å². The number of ether oxygens (including phenoxy) is 2. The molecule has 1 heterocycles. The molecule has 6 nitrogen and oxygen atoms in total. The minimum atomic E-state index is -0.264. The van der Waals surface area contributed by atoms with Gasteiger partial charge in [-0.3, -0.25) is 4.99 Å². The summed E-state index contributed by atoms with van der Waals surface area (Å²) in [6, 6.07) is 11.5. The summed E-state index contributed by atoms with van der Waals surface area (Å²) in [4.78, 5) is 6.49. The Morgan fingerprint density at radius 3 is 2.66 bits per heavy atom. The third kappa shape index (κ3) is 5.96. The molecular weight excluding hydrogens is 488 g/mol. The van der Waals surface area contributed by atoms with E-state index in [1.54, 1.807) is 44.5 Å². The molecule has 0 spiro atoms. The highest BCUT2D eigenvalue weighted by atomic mass is 127. The van der Waals surface area contributed by atoms with Crippen molar-refractivity contribution in [3.05, 3.63) is 59.4 Å². The molecule has 2 N–H and O–H groups in total. The molecule has 2 aromatic carbocycles. The summed E-state index contributed by atoms with van der Waals surface area (Å²) < 4.78 is 24.5. The maximum Gasteiger partial charge on any atom is 0.194 e. The van der Waals surface area contributed by atoms with Crippen LogP contribution < -0.4 is 10.1 Å². The second kappa shape index (κ2) is 10.6. The van der Waals surface area contributed by atoms with E-state index in [2.05, 4.69) is 15.2 Å². The number of nitrogens with one attached hydrogen (secondary N) is 1. The Morgan fingerprint density at radius 1 is 1.28 bits per heavy atom. The number of benzene rings is 2. The molecular formula is C21H27FIN3O3. The summed E-state index contributed by atoms with van der Waals surface area (Å²) in [5.74, 6) is 1.33. The average molecular weight is 515 g/mol. The van der Waals surface area contributed by atoms with Crippen LogP contribution in [-0.4, -0.2) is 49.3 Å². The number of halogens is 2. The lowest BCUT2D eigenvalue weighted by Crippen LogP contribution is -2.50. The van der Waals surface area contributed by atoms with Crippen LogP contribution in [0.3, 0.4) is 0 Å². The van der Waals surface area contributed by atoms with Gasteiger partial charge in [0, 0.05) is 25.7 Å². The Labute approximate surface area is 187 Å². The zero-order chi connectivity index (χ0) is 20.1. The van der Waals surface area contributed by atoms with Crippen molar-refractivity contribution in [3.8, 4) is 11.5 Å². The van der Waals surface area contributed by atoms with E-state index >= 15 is 0 Å². The predicted octanol–water partition coefficient (Wildman–Crippen LogP) is 3.70. The summed E-state index contributed by atoms with van der Waals surface area (Å²) in [6.45, 7) is 3.69. The van der Waals surface area contributed by atoms with Crippen molar-refractivity contribution in [2.24, 2.45) is 4.99 Å². The molecule has 0 bridgehead atoms. The van der Waals surface area contributed by atoms with Gasteiger partial charge in [0.1, 0.15) is 23.4 Å². The summed E-state index contributed by atoms with van der Waals surface area (Å²) >= 11 is 0. The fourth-order valence-corrected chi connectivity index (χ4v) is 3.32. The van der Waals surface area contributed by atoms with Crippen LogP contribution >= 0.6 is 24.0 Å². The first-order chi connectivity index (χ1) is 13.5. The standard InChI is InChI=1S/C21H26FN3O3.HI/c1-14-12-25(13-20(28-14)15-4-6-17(22)7-5-15)21(23-2)24-11-16-10-18(27-3)8-9-19(16)26;/h4-10,14,20,26H,11-13H2,1-3H3,(H,23,24);1H. The van der Waals surface area contributed by atoms with Crippen LogP contribution in [0.1, 0.15) is 24.2 Å². The van der Waals surface area contributed by atoms with E-state index in [0.717, 1.165) is 11.1 Å². The first-order valence-corrected chi connectivity index (χ1v) is 9.22. The van der Waals surface area contributed by atoms with Crippen LogP contribution in [-0.2, 0) is 11.3 Å². The average Bonchev–Trinajstić information content (AvgIpc) is 2.70. The Balaban J connectivity index is 0.00000300. The van der Waals surface area contributed by atoms with Gasteiger partial charge in [0.15, 0.2) is 5.96 Å². The molecule has 8 heteroatoms. The van der Waals surface area contributed by atoms with Gasteiger partial charge in [-0.05, 0) is 42.8 Å². The van der Waals surface area contributed by atoms with Crippen molar-refractivity contribution < 1.29 is 19.0 Å². The molecule has 29 heavy (non-hydrogen) atoms.